The van der Waals surface area contributed by atoms with Crippen LogP contribution in [0.4, 0.5) is 0 Å². The van der Waals surface area contributed by atoms with Gasteiger partial charge in [-0.3, -0.25) is 4.79 Å². The molecule has 0 spiro atoms. The first-order valence-corrected chi connectivity index (χ1v) is 13.5. The zero-order valence-corrected chi connectivity index (χ0v) is 23.4. The number of aliphatic hydroxyl groups excluding tert-OH is 8. The van der Waals surface area contributed by atoms with E-state index in [1.165, 1.54) is 13.2 Å². The Kier molecular flexibility index (Phi) is 8.86. The van der Waals surface area contributed by atoms with Crippen LogP contribution in [0.2, 0.25) is 0 Å². The van der Waals surface area contributed by atoms with Gasteiger partial charge < -0.3 is 79.5 Å². The van der Waals surface area contributed by atoms with E-state index >= 15 is 0 Å². The Labute approximate surface area is 252 Å². The maximum Gasteiger partial charge on any atom is 0.269 e. The summed E-state index contributed by atoms with van der Waals surface area (Å²) in [6, 6.07) is 5.28. The lowest BCUT2D eigenvalue weighted by molar-refractivity contribution is -0.396. The highest BCUT2D eigenvalue weighted by Crippen LogP contribution is 2.44. The van der Waals surface area contributed by atoms with Crippen molar-refractivity contribution < 1.29 is 79.5 Å². The van der Waals surface area contributed by atoms with Gasteiger partial charge in [0.05, 0.1) is 20.3 Å². The highest BCUT2D eigenvalue weighted by molar-refractivity contribution is 5.88. The van der Waals surface area contributed by atoms with E-state index in [9.17, 15) is 61.0 Å². The van der Waals surface area contributed by atoms with Gasteiger partial charge in [0.1, 0.15) is 65.2 Å². The van der Waals surface area contributed by atoms with Crippen LogP contribution in [0.1, 0.15) is 0 Å². The number of phenolic OH excluding ortho intramolecular Hbond substituents is 3. The molecule has 0 amide bonds. The lowest BCUT2D eigenvalue weighted by atomic mass is 9.83. The van der Waals surface area contributed by atoms with Crippen molar-refractivity contribution >= 4 is 11.0 Å². The number of fused-ring (bicyclic) bond motifs is 1. The Morgan fingerprint density at radius 1 is 0.822 bits per heavy atom. The number of benzene rings is 2. The van der Waals surface area contributed by atoms with Gasteiger partial charge in [-0.05, 0) is 18.2 Å². The Morgan fingerprint density at radius 3 is 2.11 bits per heavy atom. The fourth-order valence-electron chi connectivity index (χ4n) is 5.50. The SMILES string of the molecule is COc1cc(O)cc2oc(-c3ccc(O)c(O)c3)c(O[C@@]3([C@H]4O[C@@H](CO)[C@@H](O)[C@@H](O)[C@@H]4O)O[C@@H](CO)[C@H](O)[C@H](O)[C@@H]3O)c(=O)c12. The average molecular weight is 641 g/mol. The maximum atomic E-state index is 14.2. The Morgan fingerprint density at radius 2 is 1.49 bits per heavy atom. The molecule has 0 aliphatic carbocycles. The Bertz CT molecular complexity index is 1600. The molecule has 45 heavy (non-hydrogen) atoms. The van der Waals surface area contributed by atoms with Gasteiger partial charge >= 0.3 is 0 Å². The molecule has 2 saturated heterocycles. The van der Waals surface area contributed by atoms with Crippen LogP contribution in [-0.2, 0) is 9.47 Å². The van der Waals surface area contributed by atoms with Crippen molar-refractivity contribution in [1.29, 1.82) is 0 Å². The van der Waals surface area contributed by atoms with Gasteiger partial charge in [-0.25, -0.2) is 0 Å². The number of aromatic hydroxyl groups is 3. The summed E-state index contributed by atoms with van der Waals surface area (Å²) in [5, 5.41) is 114. The third-order valence-corrected chi connectivity index (χ3v) is 7.89. The summed E-state index contributed by atoms with van der Waals surface area (Å²) in [6.07, 6.45) is -18.4. The summed E-state index contributed by atoms with van der Waals surface area (Å²) in [7, 11) is 1.17. The van der Waals surface area contributed by atoms with Crippen molar-refractivity contribution in [3.63, 3.8) is 0 Å². The monoisotopic (exact) mass is 640 g/mol. The Balaban J connectivity index is 1.82. The van der Waals surface area contributed by atoms with Crippen molar-refractivity contribution in [2.24, 2.45) is 0 Å². The van der Waals surface area contributed by atoms with Crippen LogP contribution in [0.25, 0.3) is 22.3 Å². The van der Waals surface area contributed by atoms with Crippen molar-refractivity contribution in [3.05, 3.63) is 40.6 Å². The standard InChI is InChI=1S/C28H32O17/c1-41-13-5-10(31)6-14-17(13)20(36)25(24(42-14)9-2-3-11(32)12(33)4-9)45-28(26(40)22(38)19(35)16(8-30)44-28)27-23(39)21(37)18(34)15(7-29)43-27/h2-6,15-16,18-19,21-23,26-27,29-35,37-40H,7-8H2,1H3/t15-,16-,18+,19-,21+,22-,23-,26-,27-,28-/m0/s1. The molecule has 5 rings (SSSR count). The van der Waals surface area contributed by atoms with Crippen LogP contribution in [0.5, 0.6) is 28.7 Å². The average Bonchev–Trinajstić information content (AvgIpc) is 3.02. The van der Waals surface area contributed by atoms with E-state index in [1.807, 2.05) is 0 Å². The molecule has 0 saturated carbocycles. The largest absolute Gasteiger partial charge is 0.508 e. The number of rotatable bonds is 7. The molecule has 246 valence electrons. The van der Waals surface area contributed by atoms with Crippen LogP contribution in [-0.4, -0.2) is 137 Å². The van der Waals surface area contributed by atoms with Crippen LogP contribution in [0, 0.1) is 0 Å². The number of hydrogen-bond donors (Lipinski definition) is 11. The van der Waals surface area contributed by atoms with E-state index in [-0.39, 0.29) is 28.0 Å². The topological polar surface area (TPSA) is 290 Å². The Hall–Kier alpha value is -3.75. The first kappa shape index (κ1) is 32.6. The highest BCUT2D eigenvalue weighted by Gasteiger charge is 2.65. The molecule has 0 unspecified atom stereocenters. The first-order valence-electron chi connectivity index (χ1n) is 13.5. The molecule has 2 aliphatic heterocycles. The fourth-order valence-corrected chi connectivity index (χ4v) is 5.50. The van der Waals surface area contributed by atoms with Gasteiger partial charge in [0, 0.05) is 17.7 Å². The number of methoxy groups -OCH3 is 1. The number of aliphatic hydroxyl groups is 8. The van der Waals surface area contributed by atoms with E-state index < -0.39 is 102 Å². The minimum Gasteiger partial charge on any atom is -0.508 e. The molecule has 0 radical (unpaired) electrons. The molecule has 1 aromatic heterocycles. The predicted octanol–water partition coefficient (Wildman–Crippen LogP) is -3.02. The zero-order valence-electron chi connectivity index (χ0n) is 23.4. The minimum atomic E-state index is -3.03. The van der Waals surface area contributed by atoms with Gasteiger partial charge in [0.25, 0.3) is 5.79 Å². The van der Waals surface area contributed by atoms with Gasteiger partial charge in [0.2, 0.25) is 11.2 Å². The third kappa shape index (κ3) is 5.32. The van der Waals surface area contributed by atoms with Gasteiger partial charge in [-0.2, -0.15) is 0 Å². The van der Waals surface area contributed by atoms with Crippen LogP contribution in [0.3, 0.4) is 0 Å². The summed E-state index contributed by atoms with van der Waals surface area (Å²) in [5.74, 6) is -6.30. The van der Waals surface area contributed by atoms with Gasteiger partial charge in [-0.15, -0.1) is 0 Å². The van der Waals surface area contributed by atoms with Crippen LogP contribution < -0.4 is 14.9 Å². The first-order chi connectivity index (χ1) is 21.3. The van der Waals surface area contributed by atoms with E-state index in [0.29, 0.717) is 0 Å². The summed E-state index contributed by atoms with van der Waals surface area (Å²) >= 11 is 0. The second-order valence-corrected chi connectivity index (χ2v) is 10.7. The molecule has 10 atom stereocenters. The summed E-state index contributed by atoms with van der Waals surface area (Å²) < 4.78 is 28.5. The number of phenols is 3. The summed E-state index contributed by atoms with van der Waals surface area (Å²) in [5.41, 5.74) is -1.51. The molecule has 2 aromatic carbocycles. The second-order valence-electron chi connectivity index (χ2n) is 10.7. The maximum absolute atomic E-state index is 14.2. The number of hydrogen-bond acceptors (Lipinski definition) is 17. The minimum absolute atomic E-state index is 0.143. The van der Waals surface area contributed by atoms with E-state index in [1.54, 1.807) is 0 Å². The summed E-state index contributed by atoms with van der Waals surface area (Å²) in [6.45, 7) is -1.97. The van der Waals surface area contributed by atoms with E-state index in [4.69, 9.17) is 23.4 Å². The van der Waals surface area contributed by atoms with Crippen molar-refractivity contribution in [1.82, 2.24) is 0 Å². The predicted molar refractivity (Wildman–Crippen MR) is 147 cm³/mol. The normalized spacial score (nSPS) is 33.7. The molecule has 17 nitrogen and oxygen atoms in total. The van der Waals surface area contributed by atoms with Crippen molar-refractivity contribution in [3.8, 4) is 40.1 Å². The van der Waals surface area contributed by atoms with Crippen molar-refractivity contribution in [2.75, 3.05) is 20.3 Å². The molecule has 2 fully saturated rings. The molecule has 3 heterocycles. The molecule has 11 N–H and O–H groups in total. The third-order valence-electron chi connectivity index (χ3n) is 7.89. The second kappa shape index (κ2) is 12.2. The molecule has 0 bridgehead atoms. The molecule has 3 aromatic rings. The van der Waals surface area contributed by atoms with E-state index in [2.05, 4.69) is 0 Å². The molecular formula is C28H32O17. The molecular weight excluding hydrogens is 608 g/mol. The molecule has 17 heteroatoms. The highest BCUT2D eigenvalue weighted by atomic mass is 16.8. The van der Waals surface area contributed by atoms with Crippen LogP contribution in [0.15, 0.2) is 39.5 Å². The number of ether oxygens (including phenoxy) is 4. The zero-order chi connectivity index (χ0) is 33.0. The van der Waals surface area contributed by atoms with Gasteiger partial charge in [-0.1, -0.05) is 0 Å². The van der Waals surface area contributed by atoms with Crippen LogP contribution >= 0.6 is 0 Å². The quantitative estimate of drug-likeness (QED) is 0.115. The molecule has 2 aliphatic rings. The lowest BCUT2D eigenvalue weighted by Gasteiger charge is -2.54. The van der Waals surface area contributed by atoms with Gasteiger partial charge in [0.15, 0.2) is 29.5 Å². The fraction of sp³-hybridized carbons (Fsp3) is 0.464. The smallest absolute Gasteiger partial charge is 0.269 e. The van der Waals surface area contributed by atoms with Crippen molar-refractivity contribution in [2.45, 2.75) is 60.7 Å². The lowest BCUT2D eigenvalue weighted by Crippen LogP contribution is -2.77. The van der Waals surface area contributed by atoms with E-state index in [0.717, 1.165) is 24.3 Å². The summed E-state index contributed by atoms with van der Waals surface area (Å²) in [4.78, 5) is 14.2.